The van der Waals surface area contributed by atoms with Gasteiger partial charge in [0.05, 0.1) is 0 Å². The third kappa shape index (κ3) is 4.86. The van der Waals surface area contributed by atoms with Gasteiger partial charge in [0.25, 0.3) is 0 Å². The van der Waals surface area contributed by atoms with Gasteiger partial charge in [-0.25, -0.2) is 0 Å². The van der Waals surface area contributed by atoms with Crippen molar-refractivity contribution < 1.29 is 19.8 Å². The Labute approximate surface area is 248 Å². The van der Waals surface area contributed by atoms with Gasteiger partial charge in [-0.15, -0.1) is 0 Å². The van der Waals surface area contributed by atoms with Crippen LogP contribution in [0, 0.1) is 0 Å². The molecule has 0 aromatic heterocycles. The zero-order valence-corrected chi connectivity index (χ0v) is 26.4. The Morgan fingerprint density at radius 3 is 0.634 bits per heavy atom. The summed E-state index contributed by atoms with van der Waals surface area (Å²) in [4.78, 5) is 15.8. The van der Waals surface area contributed by atoms with E-state index in [1.807, 2.05) is 0 Å². The number of carbonyl (C=O) groups excluding carboxylic acids is 1. The SMILES string of the molecule is O=[CH][Ru]([PH](c1ccccc1)(c1ccccc1)c1ccccc1)[PH](c1ccccc1)(c1ccccc1)c1ccccc1. The standard InChI is InChI=1S/2C18H15P.CHO.Ru/c2*1-4-10-16(11-5-1)19(17-12-6-2-7-13-17)18-14-8-3-9-15-18;1-2;/h2*1-15H;1H;/q;;;-2/p+2. The average Bonchev–Trinajstić information content (AvgIpc) is 3.07. The molecule has 0 aliphatic carbocycles. The van der Waals surface area contributed by atoms with Crippen molar-refractivity contribution in [3.05, 3.63) is 182 Å². The Balaban J connectivity index is 1.85. The topological polar surface area (TPSA) is 17.1 Å². The van der Waals surface area contributed by atoms with Gasteiger partial charge < -0.3 is 0 Å². The maximum absolute atomic E-state index is 14.4. The molecule has 0 N–H and O–H groups in total. The van der Waals surface area contributed by atoms with Crippen molar-refractivity contribution in [3.63, 3.8) is 0 Å². The third-order valence-electron chi connectivity index (χ3n) is 7.64. The summed E-state index contributed by atoms with van der Waals surface area (Å²) in [6, 6.07) is 65.8. The van der Waals surface area contributed by atoms with Crippen molar-refractivity contribution in [2.45, 2.75) is 0 Å². The maximum atomic E-state index is 14.4. The second kappa shape index (κ2) is 12.6. The number of hydrogen-bond donors (Lipinski definition) is 0. The van der Waals surface area contributed by atoms with E-state index >= 15 is 0 Å². The number of benzene rings is 6. The molecule has 0 saturated heterocycles. The molecule has 205 valence electrons. The van der Waals surface area contributed by atoms with Crippen LogP contribution in [0.2, 0.25) is 0 Å². The van der Waals surface area contributed by atoms with Crippen LogP contribution >= 0.6 is 11.2 Å². The van der Waals surface area contributed by atoms with E-state index in [2.05, 4.69) is 182 Å². The predicted octanol–water partition coefficient (Wildman–Crippen LogP) is 6.08. The Morgan fingerprint density at radius 1 is 0.317 bits per heavy atom. The molecule has 6 rings (SSSR count). The number of rotatable bonds is 9. The van der Waals surface area contributed by atoms with Crippen molar-refractivity contribution >= 4 is 47.9 Å². The van der Waals surface area contributed by atoms with Crippen molar-refractivity contribution in [1.29, 1.82) is 0 Å². The molecule has 0 fully saturated rings. The first-order valence-corrected chi connectivity index (χ1v) is 23.7. The summed E-state index contributed by atoms with van der Waals surface area (Å²) in [7, 11) is 0. The van der Waals surface area contributed by atoms with E-state index < -0.39 is 26.2 Å². The molecule has 0 radical (unpaired) electrons. The first-order chi connectivity index (χ1) is 20.3. The normalized spacial score (nSPS) is 12.7. The van der Waals surface area contributed by atoms with Crippen LogP contribution in [0.25, 0.3) is 0 Å². The first-order valence-electron chi connectivity index (χ1n) is 13.8. The van der Waals surface area contributed by atoms with Gasteiger partial charge in [-0.3, -0.25) is 0 Å². The van der Waals surface area contributed by atoms with E-state index in [1.54, 1.807) is 0 Å². The molecule has 0 aliphatic rings. The van der Waals surface area contributed by atoms with Crippen LogP contribution < -0.4 is 31.8 Å². The van der Waals surface area contributed by atoms with Crippen molar-refractivity contribution in [3.8, 4) is 0 Å². The summed E-state index contributed by atoms with van der Waals surface area (Å²) < 4.78 is 0. The molecule has 4 heteroatoms. The summed E-state index contributed by atoms with van der Waals surface area (Å²) >= 11 is -2.55. The molecule has 0 aliphatic heterocycles. The van der Waals surface area contributed by atoms with Crippen LogP contribution in [0.15, 0.2) is 182 Å². The van der Waals surface area contributed by atoms with Crippen molar-refractivity contribution in [2.75, 3.05) is 0 Å². The van der Waals surface area contributed by atoms with Crippen molar-refractivity contribution in [2.24, 2.45) is 0 Å². The zero-order chi connectivity index (χ0) is 28.0. The van der Waals surface area contributed by atoms with Gasteiger partial charge in [-0.05, 0) is 0 Å². The predicted molar refractivity (Wildman–Crippen MR) is 180 cm³/mol. The van der Waals surface area contributed by atoms with Crippen LogP contribution in [0.5, 0.6) is 0 Å². The van der Waals surface area contributed by atoms with Crippen molar-refractivity contribution in [1.82, 2.24) is 0 Å². The van der Waals surface area contributed by atoms with Crippen LogP contribution in [0.4, 0.5) is 0 Å². The zero-order valence-electron chi connectivity index (χ0n) is 22.7. The molecule has 0 amide bonds. The fourth-order valence-electron chi connectivity index (χ4n) is 5.97. The van der Waals surface area contributed by atoms with Gasteiger partial charge >= 0.3 is 250 Å². The fraction of sp³-hybridized carbons (Fsp3) is 0. The first kappa shape index (κ1) is 27.6. The molecule has 0 spiro atoms. The number of carbonyl (C=O) groups is 1. The summed E-state index contributed by atoms with van der Waals surface area (Å²) in [5.41, 5.74) is -5.80. The van der Waals surface area contributed by atoms with E-state index in [9.17, 15) is 4.79 Å². The second-order valence-electron chi connectivity index (χ2n) is 9.85. The Morgan fingerprint density at radius 2 is 0.488 bits per heavy atom. The Hall–Kier alpha value is -3.53. The quantitative estimate of drug-likeness (QED) is 0.105. The van der Waals surface area contributed by atoms with Gasteiger partial charge in [0.1, 0.15) is 0 Å². The average molecular weight is 657 g/mol. The van der Waals surface area contributed by atoms with Crippen LogP contribution in [-0.2, 0) is 19.8 Å². The number of hydrogen-bond acceptors (Lipinski definition) is 1. The monoisotopic (exact) mass is 657 g/mol. The molecular weight excluding hydrogens is 623 g/mol. The molecule has 6 aromatic rings. The van der Waals surface area contributed by atoms with Gasteiger partial charge in [-0.2, -0.15) is 0 Å². The van der Waals surface area contributed by atoms with E-state index in [4.69, 9.17) is 0 Å². The molecule has 41 heavy (non-hydrogen) atoms. The van der Waals surface area contributed by atoms with Gasteiger partial charge in [-0.1, -0.05) is 0 Å². The minimum atomic E-state index is -2.90. The molecule has 0 atom stereocenters. The fourth-order valence-corrected chi connectivity index (χ4v) is 51.4. The van der Waals surface area contributed by atoms with Gasteiger partial charge in [0.2, 0.25) is 0 Å². The van der Waals surface area contributed by atoms with E-state index in [1.165, 1.54) is 36.7 Å². The molecule has 1 nitrogen and oxygen atoms in total. The third-order valence-corrected chi connectivity index (χ3v) is 43.7. The molecule has 0 bridgehead atoms. The van der Waals surface area contributed by atoms with E-state index in [0.29, 0.717) is 0 Å². The van der Waals surface area contributed by atoms with E-state index in [-0.39, 0.29) is 0 Å². The Bertz CT molecular complexity index is 1360. The Kier molecular flexibility index (Phi) is 8.46. The van der Waals surface area contributed by atoms with Crippen LogP contribution in [0.1, 0.15) is 0 Å². The molecular formula is C37H33OP2Ru. The summed E-state index contributed by atoms with van der Waals surface area (Å²) in [6.45, 7) is 0. The van der Waals surface area contributed by atoms with Crippen LogP contribution in [-0.4, -0.2) is 4.88 Å². The summed E-state index contributed by atoms with van der Waals surface area (Å²) in [5.74, 6) is 0. The molecule has 0 unspecified atom stereocenters. The van der Waals surface area contributed by atoms with Crippen LogP contribution in [0.3, 0.4) is 0 Å². The van der Waals surface area contributed by atoms with Gasteiger partial charge in [0, 0.05) is 0 Å². The summed E-state index contributed by atoms with van der Waals surface area (Å²) in [6.07, 6.45) is 0. The molecule has 0 heterocycles. The second-order valence-corrected chi connectivity index (χ2v) is 32.1. The molecule has 0 saturated carbocycles. The molecule has 6 aromatic carbocycles. The van der Waals surface area contributed by atoms with E-state index in [0.717, 1.165) is 0 Å². The minimum absolute atomic E-state index is 1.31. The summed E-state index contributed by atoms with van der Waals surface area (Å²) in [5, 5.41) is 7.85. The van der Waals surface area contributed by atoms with Gasteiger partial charge in [0.15, 0.2) is 0 Å².